The van der Waals surface area contributed by atoms with Gasteiger partial charge >= 0.3 is 6.18 Å². The largest absolute Gasteiger partial charge is 0.417 e. The number of hydrogen-bond acceptors (Lipinski definition) is 1. The van der Waals surface area contributed by atoms with Gasteiger partial charge in [-0.1, -0.05) is 35.9 Å². The molecule has 0 bridgehead atoms. The Morgan fingerprint density at radius 2 is 1.79 bits per heavy atom. The number of aromatic nitrogens is 1. The molecule has 0 aliphatic heterocycles. The first-order valence-corrected chi connectivity index (χ1v) is 8.06. The van der Waals surface area contributed by atoms with E-state index in [1.54, 1.807) is 31.2 Å². The lowest BCUT2D eigenvalue weighted by atomic mass is 10.1. The Morgan fingerprint density at radius 3 is 2.46 bits per heavy atom. The number of benzene rings is 2. The summed E-state index contributed by atoms with van der Waals surface area (Å²) < 4.78 is 41.8. The molecule has 1 heterocycles. The van der Waals surface area contributed by atoms with Crippen LogP contribution < -0.4 is 0 Å². The van der Waals surface area contributed by atoms with Crippen molar-refractivity contribution >= 4 is 44.3 Å². The molecular weight excluding hydrogens is 407 g/mol. The van der Waals surface area contributed by atoms with Crippen LogP contribution >= 0.6 is 27.5 Å². The molecule has 0 saturated heterocycles. The molecule has 0 aliphatic carbocycles. The smallest absolute Gasteiger partial charge is 0.279 e. The van der Waals surface area contributed by atoms with E-state index in [-0.39, 0.29) is 5.02 Å². The van der Waals surface area contributed by atoms with Crippen molar-refractivity contribution in [1.29, 1.82) is 0 Å². The first-order valence-electron chi connectivity index (χ1n) is 6.89. The molecule has 0 N–H and O–H groups in total. The van der Waals surface area contributed by atoms with Crippen molar-refractivity contribution in [2.24, 2.45) is 0 Å². The van der Waals surface area contributed by atoms with Crippen LogP contribution in [-0.4, -0.2) is 10.5 Å². The van der Waals surface area contributed by atoms with E-state index in [9.17, 15) is 18.0 Å². The van der Waals surface area contributed by atoms with E-state index in [1.807, 2.05) is 0 Å². The monoisotopic (exact) mass is 415 g/mol. The van der Waals surface area contributed by atoms with Gasteiger partial charge in [-0.05, 0) is 41.1 Å². The lowest BCUT2D eigenvalue weighted by Crippen LogP contribution is -2.20. The van der Waals surface area contributed by atoms with Crippen molar-refractivity contribution in [2.75, 3.05) is 0 Å². The van der Waals surface area contributed by atoms with Gasteiger partial charge in [0.05, 0.1) is 21.7 Å². The third kappa shape index (κ3) is 2.63. The lowest BCUT2D eigenvalue weighted by Gasteiger charge is -2.15. The predicted molar refractivity (Wildman–Crippen MR) is 90.6 cm³/mol. The quantitative estimate of drug-likeness (QED) is 0.472. The highest BCUT2D eigenvalue weighted by atomic mass is 79.9. The molecule has 0 unspecified atom stereocenters. The van der Waals surface area contributed by atoms with Crippen LogP contribution in [0.3, 0.4) is 0 Å². The van der Waals surface area contributed by atoms with Gasteiger partial charge in [0.15, 0.2) is 0 Å². The summed E-state index contributed by atoms with van der Waals surface area (Å²) in [4.78, 5) is 12.9. The minimum Gasteiger partial charge on any atom is -0.279 e. The van der Waals surface area contributed by atoms with E-state index in [0.29, 0.717) is 15.7 Å². The topological polar surface area (TPSA) is 22.0 Å². The molecule has 0 fully saturated rings. The molecule has 2 aromatic carbocycles. The summed E-state index contributed by atoms with van der Waals surface area (Å²) in [6, 6.07) is 10.3. The first-order chi connectivity index (χ1) is 11.2. The van der Waals surface area contributed by atoms with Crippen molar-refractivity contribution in [3.63, 3.8) is 0 Å². The van der Waals surface area contributed by atoms with E-state index in [1.165, 1.54) is 16.7 Å². The Balaban J connectivity index is 2.32. The van der Waals surface area contributed by atoms with Gasteiger partial charge in [0.25, 0.3) is 5.91 Å². The minimum absolute atomic E-state index is 0.233. The highest BCUT2D eigenvalue weighted by Gasteiger charge is 2.37. The summed E-state index contributed by atoms with van der Waals surface area (Å²) in [7, 11) is 0. The average Bonchev–Trinajstić information content (AvgIpc) is 2.78. The van der Waals surface area contributed by atoms with E-state index in [4.69, 9.17) is 11.6 Å². The van der Waals surface area contributed by atoms with Gasteiger partial charge < -0.3 is 0 Å². The number of nitrogens with zero attached hydrogens (tertiary/aromatic N) is 1. The summed E-state index contributed by atoms with van der Waals surface area (Å²) in [5.74, 6) is -0.813. The molecule has 3 rings (SSSR count). The Morgan fingerprint density at radius 1 is 1.12 bits per heavy atom. The Hall–Kier alpha value is -1.79. The van der Waals surface area contributed by atoms with Crippen LogP contribution in [0, 0.1) is 6.92 Å². The van der Waals surface area contributed by atoms with E-state index < -0.39 is 23.2 Å². The molecule has 0 saturated carbocycles. The van der Waals surface area contributed by atoms with E-state index >= 15 is 0 Å². The van der Waals surface area contributed by atoms with Gasteiger partial charge in [0.2, 0.25) is 0 Å². The third-order valence-electron chi connectivity index (χ3n) is 3.77. The highest BCUT2D eigenvalue weighted by Crippen LogP contribution is 2.37. The summed E-state index contributed by atoms with van der Waals surface area (Å²) in [6.07, 6.45) is -4.68. The van der Waals surface area contributed by atoms with Gasteiger partial charge in [0.1, 0.15) is 0 Å². The van der Waals surface area contributed by atoms with Crippen LogP contribution in [-0.2, 0) is 6.18 Å². The van der Waals surface area contributed by atoms with Gasteiger partial charge in [-0.15, -0.1) is 0 Å². The maximum absolute atomic E-state index is 13.3. The summed E-state index contributed by atoms with van der Waals surface area (Å²) in [6.45, 7) is 1.66. The van der Waals surface area contributed by atoms with Crippen LogP contribution in [0.1, 0.15) is 21.6 Å². The highest BCUT2D eigenvalue weighted by molar-refractivity contribution is 9.10. The number of halogens is 5. The molecule has 24 heavy (non-hydrogen) atoms. The lowest BCUT2D eigenvalue weighted by molar-refractivity contribution is -0.137. The van der Waals surface area contributed by atoms with E-state index in [2.05, 4.69) is 15.9 Å². The molecule has 1 aromatic heterocycles. The third-order valence-corrected chi connectivity index (χ3v) is 5.09. The molecule has 0 spiro atoms. The second-order valence-corrected chi connectivity index (χ2v) is 6.42. The van der Waals surface area contributed by atoms with Gasteiger partial charge in [-0.3, -0.25) is 9.36 Å². The average molecular weight is 417 g/mol. The molecule has 7 heteroatoms. The minimum atomic E-state index is -4.68. The Kier molecular flexibility index (Phi) is 4.21. The Labute approximate surface area is 149 Å². The maximum atomic E-state index is 13.3. The summed E-state index contributed by atoms with van der Waals surface area (Å²) in [5, 5.41) is 0.507. The van der Waals surface area contributed by atoms with Gasteiger partial charge in [0, 0.05) is 15.6 Å². The predicted octanol–water partition coefficient (Wildman–Crippen LogP) is 6.07. The number of hydrogen-bond donors (Lipinski definition) is 0. The van der Waals surface area contributed by atoms with Gasteiger partial charge in [-0.25, -0.2) is 0 Å². The van der Waals surface area contributed by atoms with Crippen molar-refractivity contribution in [3.8, 4) is 0 Å². The zero-order valence-corrected chi connectivity index (χ0v) is 14.6. The van der Waals surface area contributed by atoms with Gasteiger partial charge in [-0.2, -0.15) is 13.2 Å². The molecule has 124 valence electrons. The van der Waals surface area contributed by atoms with Crippen molar-refractivity contribution in [1.82, 2.24) is 4.57 Å². The molecule has 3 aromatic rings. The molecule has 2 nitrogen and oxygen atoms in total. The number of carbonyl (C=O) groups excluding carboxylic acids is 1. The molecule has 0 amide bonds. The van der Waals surface area contributed by atoms with Crippen LogP contribution in [0.4, 0.5) is 13.2 Å². The van der Waals surface area contributed by atoms with Crippen molar-refractivity contribution in [2.45, 2.75) is 13.1 Å². The molecule has 0 aliphatic rings. The van der Waals surface area contributed by atoms with Crippen LogP contribution in [0.15, 0.2) is 46.9 Å². The standard InChI is InChI=1S/C17H10BrClF3NO/c1-9-15(18)10-5-2-3-8-13(10)23(9)16(24)14-11(17(20,21)22)6-4-7-12(14)19/h2-8H,1H3. The summed E-state index contributed by atoms with van der Waals surface area (Å²) in [5.41, 5.74) is -0.578. The Bertz CT molecular complexity index is 962. The second kappa shape index (κ2) is 5.93. The van der Waals surface area contributed by atoms with Crippen LogP contribution in [0.5, 0.6) is 0 Å². The molecule has 0 radical (unpaired) electrons. The van der Waals surface area contributed by atoms with E-state index in [0.717, 1.165) is 11.5 Å². The second-order valence-electron chi connectivity index (χ2n) is 5.22. The number of carbonyl (C=O) groups is 1. The van der Waals surface area contributed by atoms with Crippen molar-refractivity contribution < 1.29 is 18.0 Å². The molecule has 0 atom stereocenters. The fourth-order valence-corrected chi connectivity index (χ4v) is 3.45. The SMILES string of the molecule is Cc1c(Br)c2ccccc2n1C(=O)c1c(Cl)cccc1C(F)(F)F. The number of fused-ring (bicyclic) bond motifs is 1. The zero-order chi connectivity index (χ0) is 17.6. The fraction of sp³-hybridized carbons (Fsp3) is 0.118. The summed E-state index contributed by atoms with van der Waals surface area (Å²) >= 11 is 9.34. The maximum Gasteiger partial charge on any atom is 0.417 e. The van der Waals surface area contributed by atoms with Crippen molar-refractivity contribution in [3.05, 3.63) is 68.8 Å². The number of rotatable bonds is 1. The molecular formula is C17H10BrClF3NO. The number of para-hydroxylation sites is 1. The fourth-order valence-electron chi connectivity index (χ4n) is 2.68. The van der Waals surface area contributed by atoms with Crippen LogP contribution in [0.25, 0.3) is 10.9 Å². The zero-order valence-electron chi connectivity index (χ0n) is 12.3. The number of alkyl halides is 3. The van der Waals surface area contributed by atoms with Crippen LogP contribution in [0.2, 0.25) is 5.02 Å². The normalized spacial score (nSPS) is 11.9. The first kappa shape index (κ1) is 17.0.